The molecule has 1 N–H and O–H groups in total. The number of aliphatic carboxylic acids is 1. The highest BCUT2D eigenvalue weighted by molar-refractivity contribution is 7.14. The average molecular weight is 248 g/mol. The summed E-state index contributed by atoms with van der Waals surface area (Å²) >= 11 is 1.51. The Balaban J connectivity index is 2.42. The van der Waals surface area contributed by atoms with Crippen LogP contribution in [0, 0.1) is 0 Å². The number of carboxylic acid groups (broad SMARTS) is 1. The van der Waals surface area contributed by atoms with Gasteiger partial charge in [-0.1, -0.05) is 30.3 Å². The van der Waals surface area contributed by atoms with Crippen LogP contribution in [0.5, 0.6) is 5.75 Å². The molecule has 1 aromatic heterocycles. The number of carboxylic acids is 1. The molecule has 4 heteroatoms. The van der Waals surface area contributed by atoms with Crippen molar-refractivity contribution in [1.29, 1.82) is 0 Å². The van der Waals surface area contributed by atoms with Crippen molar-refractivity contribution in [3.63, 3.8) is 0 Å². The highest BCUT2D eigenvalue weighted by Gasteiger charge is 2.15. The van der Waals surface area contributed by atoms with Crippen molar-refractivity contribution >= 4 is 17.3 Å². The van der Waals surface area contributed by atoms with Crippen molar-refractivity contribution in [3.8, 4) is 16.2 Å². The lowest BCUT2D eigenvalue weighted by Gasteiger charge is -2.04. The molecule has 3 nitrogen and oxygen atoms in total. The van der Waals surface area contributed by atoms with Gasteiger partial charge in [-0.3, -0.25) is 4.79 Å². The van der Waals surface area contributed by atoms with Gasteiger partial charge >= 0.3 is 5.97 Å². The van der Waals surface area contributed by atoms with E-state index in [-0.39, 0.29) is 6.42 Å². The van der Waals surface area contributed by atoms with Crippen LogP contribution in [0.2, 0.25) is 0 Å². The Morgan fingerprint density at radius 3 is 2.65 bits per heavy atom. The first-order valence-corrected chi connectivity index (χ1v) is 6.02. The van der Waals surface area contributed by atoms with Gasteiger partial charge in [0.25, 0.3) is 0 Å². The van der Waals surface area contributed by atoms with Gasteiger partial charge in [-0.25, -0.2) is 0 Å². The predicted octanol–water partition coefficient (Wildman–Crippen LogP) is 3.05. The molecule has 0 saturated carbocycles. The van der Waals surface area contributed by atoms with Crippen LogP contribution in [0.15, 0.2) is 35.7 Å². The molecule has 17 heavy (non-hydrogen) atoms. The third-order valence-electron chi connectivity index (χ3n) is 2.40. The Morgan fingerprint density at radius 1 is 1.35 bits per heavy atom. The summed E-state index contributed by atoms with van der Waals surface area (Å²) in [5, 5.41) is 10.7. The first-order valence-electron chi connectivity index (χ1n) is 5.14. The van der Waals surface area contributed by atoms with Crippen molar-refractivity contribution in [1.82, 2.24) is 0 Å². The summed E-state index contributed by atoms with van der Waals surface area (Å²) in [6.07, 6.45) is -0.00743. The number of hydrogen-bond donors (Lipinski definition) is 1. The number of benzene rings is 1. The fourth-order valence-corrected chi connectivity index (χ4v) is 2.72. The SMILES string of the molecule is COc1c(CC(=O)O)csc1-c1ccccc1. The van der Waals surface area contributed by atoms with E-state index >= 15 is 0 Å². The van der Waals surface area contributed by atoms with Crippen molar-refractivity contribution in [2.45, 2.75) is 6.42 Å². The van der Waals surface area contributed by atoms with Crippen molar-refractivity contribution in [2.24, 2.45) is 0 Å². The molecular formula is C13H12O3S. The van der Waals surface area contributed by atoms with E-state index in [1.54, 1.807) is 7.11 Å². The molecule has 0 fully saturated rings. The largest absolute Gasteiger partial charge is 0.495 e. The van der Waals surface area contributed by atoms with Crippen LogP contribution >= 0.6 is 11.3 Å². The summed E-state index contributed by atoms with van der Waals surface area (Å²) < 4.78 is 5.32. The summed E-state index contributed by atoms with van der Waals surface area (Å²) in [6, 6.07) is 9.82. The quantitative estimate of drug-likeness (QED) is 0.904. The lowest BCUT2D eigenvalue weighted by atomic mass is 10.1. The van der Waals surface area contributed by atoms with Gasteiger partial charge in [0.15, 0.2) is 0 Å². The van der Waals surface area contributed by atoms with E-state index in [0.717, 1.165) is 16.0 Å². The summed E-state index contributed by atoms with van der Waals surface area (Å²) in [7, 11) is 1.57. The zero-order chi connectivity index (χ0) is 12.3. The van der Waals surface area contributed by atoms with Crippen LogP contribution in [0.1, 0.15) is 5.56 Å². The highest BCUT2D eigenvalue weighted by atomic mass is 32.1. The predicted molar refractivity (Wildman–Crippen MR) is 67.6 cm³/mol. The van der Waals surface area contributed by atoms with Crippen molar-refractivity contribution in [3.05, 3.63) is 41.3 Å². The lowest BCUT2D eigenvalue weighted by molar-refractivity contribution is -0.136. The molecule has 88 valence electrons. The maximum atomic E-state index is 10.7. The van der Waals surface area contributed by atoms with Crippen LogP contribution < -0.4 is 4.74 Å². The number of carbonyl (C=O) groups is 1. The van der Waals surface area contributed by atoms with Gasteiger partial charge in [0.1, 0.15) is 5.75 Å². The monoisotopic (exact) mass is 248 g/mol. The molecule has 0 spiro atoms. The first kappa shape index (κ1) is 11.7. The molecule has 2 aromatic rings. The minimum atomic E-state index is -0.847. The highest BCUT2D eigenvalue weighted by Crippen LogP contribution is 2.39. The molecule has 0 aliphatic carbocycles. The molecule has 2 rings (SSSR count). The van der Waals surface area contributed by atoms with Gasteiger partial charge in [-0.05, 0) is 10.9 Å². The number of methoxy groups -OCH3 is 1. The molecule has 1 aromatic carbocycles. The Morgan fingerprint density at radius 2 is 2.06 bits per heavy atom. The third kappa shape index (κ3) is 2.47. The second-order valence-corrected chi connectivity index (χ2v) is 4.44. The van der Waals surface area contributed by atoms with Crippen LogP contribution in [0.4, 0.5) is 0 Å². The molecule has 0 radical (unpaired) electrons. The van der Waals surface area contributed by atoms with Gasteiger partial charge < -0.3 is 9.84 Å². The van der Waals surface area contributed by atoms with E-state index in [4.69, 9.17) is 9.84 Å². The third-order valence-corrected chi connectivity index (χ3v) is 3.46. The molecule has 0 aliphatic rings. The van der Waals surface area contributed by atoms with Crippen molar-refractivity contribution in [2.75, 3.05) is 7.11 Å². The smallest absolute Gasteiger partial charge is 0.307 e. The second-order valence-electron chi connectivity index (χ2n) is 3.56. The maximum absolute atomic E-state index is 10.7. The Labute approximate surface area is 103 Å². The lowest BCUT2D eigenvalue weighted by Crippen LogP contribution is -2.00. The van der Waals surface area contributed by atoms with Crippen LogP contribution in [0.25, 0.3) is 10.4 Å². The first-order chi connectivity index (χ1) is 8.22. The summed E-state index contributed by atoms with van der Waals surface area (Å²) in [5.41, 5.74) is 1.77. The molecular weight excluding hydrogens is 236 g/mol. The number of rotatable bonds is 4. The van der Waals surface area contributed by atoms with E-state index < -0.39 is 5.97 Å². The fraction of sp³-hybridized carbons (Fsp3) is 0.154. The Bertz CT molecular complexity index is 517. The van der Waals surface area contributed by atoms with Crippen LogP contribution in [-0.4, -0.2) is 18.2 Å². The fourth-order valence-electron chi connectivity index (χ4n) is 1.68. The Hall–Kier alpha value is -1.81. The summed E-state index contributed by atoms with van der Waals surface area (Å²) in [6.45, 7) is 0. The summed E-state index contributed by atoms with van der Waals surface area (Å²) in [4.78, 5) is 11.7. The van der Waals surface area contributed by atoms with E-state index in [0.29, 0.717) is 5.75 Å². The number of thiophene rings is 1. The van der Waals surface area contributed by atoms with Crippen molar-refractivity contribution < 1.29 is 14.6 Å². The minimum Gasteiger partial charge on any atom is -0.495 e. The van der Waals surface area contributed by atoms with Gasteiger partial charge in [0.2, 0.25) is 0 Å². The van der Waals surface area contributed by atoms with E-state index in [9.17, 15) is 4.79 Å². The normalized spacial score (nSPS) is 10.2. The van der Waals surface area contributed by atoms with Gasteiger partial charge in [-0.15, -0.1) is 11.3 Å². The van der Waals surface area contributed by atoms with Gasteiger partial charge in [0, 0.05) is 5.56 Å². The van der Waals surface area contributed by atoms with E-state index in [1.165, 1.54) is 11.3 Å². The maximum Gasteiger partial charge on any atom is 0.307 e. The second kappa shape index (κ2) is 5.01. The van der Waals surface area contributed by atoms with E-state index in [1.807, 2.05) is 35.7 Å². The average Bonchev–Trinajstić information content (AvgIpc) is 2.72. The molecule has 0 amide bonds. The molecule has 0 saturated heterocycles. The topological polar surface area (TPSA) is 46.5 Å². The number of hydrogen-bond acceptors (Lipinski definition) is 3. The summed E-state index contributed by atoms with van der Waals surface area (Å²) in [5.74, 6) is -0.177. The minimum absolute atomic E-state index is 0.00743. The zero-order valence-electron chi connectivity index (χ0n) is 9.34. The molecule has 0 atom stereocenters. The molecule has 0 unspecified atom stereocenters. The van der Waals surface area contributed by atoms with E-state index in [2.05, 4.69) is 0 Å². The zero-order valence-corrected chi connectivity index (χ0v) is 10.2. The van der Waals surface area contributed by atoms with Crippen LogP contribution in [0.3, 0.4) is 0 Å². The molecule has 0 aliphatic heterocycles. The molecule has 0 bridgehead atoms. The number of ether oxygens (including phenoxy) is 1. The standard InChI is InChI=1S/C13H12O3S/c1-16-12-10(7-11(14)15)8-17-13(12)9-5-3-2-4-6-9/h2-6,8H,7H2,1H3,(H,14,15). The Kier molecular flexibility index (Phi) is 3.44. The van der Waals surface area contributed by atoms with Crippen LogP contribution in [-0.2, 0) is 11.2 Å². The van der Waals surface area contributed by atoms with Gasteiger partial charge in [-0.2, -0.15) is 0 Å². The van der Waals surface area contributed by atoms with Gasteiger partial charge in [0.05, 0.1) is 18.4 Å². The molecule has 1 heterocycles.